The molecule has 1 amide bonds. The van der Waals surface area contributed by atoms with Crippen LogP contribution in [0.25, 0.3) is 0 Å². The summed E-state index contributed by atoms with van der Waals surface area (Å²) in [6.07, 6.45) is 1.79. The van der Waals surface area contributed by atoms with Crippen LogP contribution in [0, 0.1) is 11.6 Å². The number of hydrogen-bond donors (Lipinski definition) is 1. The van der Waals surface area contributed by atoms with Crippen LogP contribution in [-0.2, 0) is 14.8 Å². The maximum Gasteiger partial charge on any atom is 0.260 e. The summed E-state index contributed by atoms with van der Waals surface area (Å²) in [7, 11) is -2.64. The van der Waals surface area contributed by atoms with Gasteiger partial charge in [0.05, 0.1) is 4.90 Å². The Balaban J connectivity index is 2.11. The zero-order chi connectivity index (χ0) is 15.8. The molecule has 0 heterocycles. The molecule has 0 saturated heterocycles. The first-order valence-electron chi connectivity index (χ1n) is 6.10. The molecule has 1 aliphatic carbocycles. The van der Waals surface area contributed by atoms with Gasteiger partial charge in [-0.05, 0) is 25.0 Å². The van der Waals surface area contributed by atoms with Gasteiger partial charge in [-0.25, -0.2) is 22.3 Å². The number of rotatable bonds is 5. The van der Waals surface area contributed by atoms with Crippen molar-refractivity contribution in [2.45, 2.75) is 23.8 Å². The number of primary sulfonamides is 1. The largest absolute Gasteiger partial charge is 0.478 e. The standard InChI is InChI=1S/C12H14F2N2O4S/c1-16(7-2-3-7)11(17)6-20-12-9(13)4-8(5-10(12)14)21(15,18)19/h4-5,7H,2-3,6H2,1H3,(H2,15,18,19). The first-order chi connectivity index (χ1) is 9.70. The van der Waals surface area contributed by atoms with Crippen LogP contribution in [0.2, 0.25) is 0 Å². The number of likely N-dealkylation sites (N-methyl/N-ethyl adjacent to an activating group) is 1. The molecule has 0 aromatic heterocycles. The number of carbonyl (C=O) groups is 1. The van der Waals surface area contributed by atoms with Gasteiger partial charge in [0.25, 0.3) is 5.91 Å². The summed E-state index contributed by atoms with van der Waals surface area (Å²) >= 11 is 0. The smallest absolute Gasteiger partial charge is 0.260 e. The average molecular weight is 320 g/mol. The zero-order valence-electron chi connectivity index (χ0n) is 11.2. The minimum Gasteiger partial charge on any atom is -0.478 e. The molecular formula is C12H14F2N2O4S. The summed E-state index contributed by atoms with van der Waals surface area (Å²) in [5.74, 6) is -3.69. The normalized spacial score (nSPS) is 14.9. The van der Waals surface area contributed by atoms with Crippen molar-refractivity contribution in [2.24, 2.45) is 5.14 Å². The first-order valence-corrected chi connectivity index (χ1v) is 7.65. The number of benzene rings is 1. The topological polar surface area (TPSA) is 89.7 Å². The molecule has 1 saturated carbocycles. The van der Waals surface area contributed by atoms with Crippen molar-refractivity contribution in [2.75, 3.05) is 13.7 Å². The molecule has 6 nitrogen and oxygen atoms in total. The molecule has 1 aliphatic rings. The highest BCUT2D eigenvalue weighted by Gasteiger charge is 2.30. The predicted octanol–water partition coefficient (Wildman–Crippen LogP) is 0.612. The van der Waals surface area contributed by atoms with Crippen molar-refractivity contribution in [3.63, 3.8) is 0 Å². The molecule has 0 aliphatic heterocycles. The number of hydrogen-bond acceptors (Lipinski definition) is 4. The molecule has 9 heteroatoms. The van der Waals surface area contributed by atoms with E-state index < -0.39 is 44.8 Å². The molecule has 21 heavy (non-hydrogen) atoms. The van der Waals surface area contributed by atoms with Gasteiger partial charge in [0.1, 0.15) is 0 Å². The zero-order valence-corrected chi connectivity index (χ0v) is 12.0. The molecule has 0 unspecified atom stereocenters. The Morgan fingerprint density at radius 2 is 1.90 bits per heavy atom. The van der Waals surface area contributed by atoms with Gasteiger partial charge in [0.2, 0.25) is 10.0 Å². The van der Waals surface area contributed by atoms with Crippen LogP contribution in [0.4, 0.5) is 8.78 Å². The van der Waals surface area contributed by atoms with Crippen LogP contribution in [-0.4, -0.2) is 38.9 Å². The van der Waals surface area contributed by atoms with Gasteiger partial charge in [-0.3, -0.25) is 4.79 Å². The van der Waals surface area contributed by atoms with E-state index in [0.29, 0.717) is 12.1 Å². The van der Waals surface area contributed by atoms with Crippen LogP contribution in [0.3, 0.4) is 0 Å². The van der Waals surface area contributed by atoms with Gasteiger partial charge in [0, 0.05) is 13.1 Å². The molecule has 0 bridgehead atoms. The van der Waals surface area contributed by atoms with Gasteiger partial charge in [-0.15, -0.1) is 0 Å². The van der Waals surface area contributed by atoms with Crippen LogP contribution < -0.4 is 9.88 Å². The third-order valence-corrected chi connectivity index (χ3v) is 4.02. The quantitative estimate of drug-likeness (QED) is 0.861. The molecule has 2 N–H and O–H groups in total. The molecule has 2 rings (SSSR count). The fourth-order valence-electron chi connectivity index (χ4n) is 1.74. The Labute approximate surface area is 120 Å². The molecule has 1 aromatic rings. The third kappa shape index (κ3) is 3.67. The summed E-state index contributed by atoms with van der Waals surface area (Å²) in [6.45, 7) is -0.532. The number of amides is 1. The second-order valence-electron chi connectivity index (χ2n) is 4.79. The SMILES string of the molecule is CN(C(=O)COc1c(F)cc(S(N)(=O)=O)cc1F)C1CC1. The van der Waals surface area contributed by atoms with Gasteiger partial charge < -0.3 is 9.64 Å². The maximum atomic E-state index is 13.7. The average Bonchev–Trinajstić information content (AvgIpc) is 3.19. The molecule has 1 fully saturated rings. The van der Waals surface area contributed by atoms with E-state index in [1.807, 2.05) is 0 Å². The van der Waals surface area contributed by atoms with Crippen molar-refractivity contribution < 1.29 is 26.7 Å². The minimum absolute atomic E-state index is 0.153. The van der Waals surface area contributed by atoms with Crippen LogP contribution in [0.1, 0.15) is 12.8 Å². The number of carbonyl (C=O) groups excluding carboxylic acids is 1. The van der Waals surface area contributed by atoms with E-state index in [2.05, 4.69) is 0 Å². The number of halogens is 2. The molecule has 0 radical (unpaired) electrons. The Kier molecular flexibility index (Phi) is 4.15. The maximum absolute atomic E-state index is 13.7. The van der Waals surface area contributed by atoms with E-state index in [0.717, 1.165) is 12.8 Å². The highest BCUT2D eigenvalue weighted by molar-refractivity contribution is 7.89. The van der Waals surface area contributed by atoms with Gasteiger partial charge in [-0.1, -0.05) is 0 Å². The Hall–Kier alpha value is -1.74. The van der Waals surface area contributed by atoms with Crippen molar-refractivity contribution in [1.29, 1.82) is 0 Å². The van der Waals surface area contributed by atoms with E-state index in [9.17, 15) is 22.0 Å². The van der Waals surface area contributed by atoms with E-state index in [1.54, 1.807) is 7.05 Å². The second kappa shape index (κ2) is 5.57. The molecule has 1 aromatic carbocycles. The second-order valence-corrected chi connectivity index (χ2v) is 6.35. The lowest BCUT2D eigenvalue weighted by Gasteiger charge is -2.17. The molecule has 0 atom stereocenters. The highest BCUT2D eigenvalue weighted by Crippen LogP contribution is 2.27. The van der Waals surface area contributed by atoms with Gasteiger partial charge in [0.15, 0.2) is 24.0 Å². The Morgan fingerprint density at radius 3 is 2.33 bits per heavy atom. The summed E-state index contributed by atoms with van der Waals surface area (Å²) in [4.78, 5) is 12.4. The fraction of sp³-hybridized carbons (Fsp3) is 0.417. The Bertz CT molecular complexity index is 651. The van der Waals surface area contributed by atoms with E-state index in [4.69, 9.17) is 9.88 Å². The van der Waals surface area contributed by atoms with Crippen LogP contribution in [0.15, 0.2) is 17.0 Å². The number of nitrogens with zero attached hydrogens (tertiary/aromatic N) is 1. The monoisotopic (exact) mass is 320 g/mol. The first kappa shape index (κ1) is 15.6. The predicted molar refractivity (Wildman–Crippen MR) is 69.0 cm³/mol. The van der Waals surface area contributed by atoms with Crippen molar-refractivity contribution in [3.8, 4) is 5.75 Å². The van der Waals surface area contributed by atoms with Gasteiger partial charge in [-0.2, -0.15) is 0 Å². The summed E-state index contributed by atoms with van der Waals surface area (Å²) in [6, 6.07) is 1.24. The molecule has 0 spiro atoms. The summed E-state index contributed by atoms with van der Waals surface area (Å²) in [5.41, 5.74) is 0. The minimum atomic E-state index is -4.22. The van der Waals surface area contributed by atoms with Crippen LogP contribution in [0.5, 0.6) is 5.75 Å². The lowest BCUT2D eigenvalue weighted by Crippen LogP contribution is -2.33. The number of sulfonamides is 1. The highest BCUT2D eigenvalue weighted by atomic mass is 32.2. The molecular weight excluding hydrogens is 306 g/mol. The number of nitrogens with two attached hydrogens (primary N) is 1. The van der Waals surface area contributed by atoms with Crippen LogP contribution >= 0.6 is 0 Å². The lowest BCUT2D eigenvalue weighted by molar-refractivity contribution is -0.132. The van der Waals surface area contributed by atoms with Crippen molar-refractivity contribution in [1.82, 2.24) is 4.90 Å². The van der Waals surface area contributed by atoms with E-state index in [1.165, 1.54) is 4.90 Å². The summed E-state index contributed by atoms with van der Waals surface area (Å²) in [5, 5.41) is 4.78. The van der Waals surface area contributed by atoms with Crippen molar-refractivity contribution >= 4 is 15.9 Å². The fourth-order valence-corrected chi connectivity index (χ4v) is 2.28. The molecule has 116 valence electrons. The van der Waals surface area contributed by atoms with E-state index in [-0.39, 0.29) is 6.04 Å². The van der Waals surface area contributed by atoms with Crippen molar-refractivity contribution in [3.05, 3.63) is 23.8 Å². The van der Waals surface area contributed by atoms with E-state index >= 15 is 0 Å². The number of ether oxygens (including phenoxy) is 1. The Morgan fingerprint density at radius 1 is 1.38 bits per heavy atom. The summed E-state index contributed by atoms with van der Waals surface area (Å²) < 4.78 is 54.2. The lowest BCUT2D eigenvalue weighted by atomic mass is 10.3. The van der Waals surface area contributed by atoms with Gasteiger partial charge >= 0.3 is 0 Å². The third-order valence-electron chi connectivity index (χ3n) is 3.13.